The number of hydrogen-bond acceptors (Lipinski definition) is 8. The lowest BCUT2D eigenvalue weighted by atomic mass is 10.1. The van der Waals surface area contributed by atoms with Gasteiger partial charge in [-0.15, -0.1) is 8.78 Å². The van der Waals surface area contributed by atoms with Crippen LogP contribution in [-0.2, 0) is 9.53 Å². The Morgan fingerprint density at radius 3 is 2.88 bits per heavy atom. The molecular formula is C20H18F2N4O5S. The van der Waals surface area contributed by atoms with E-state index in [-0.39, 0.29) is 29.1 Å². The highest BCUT2D eigenvalue weighted by Gasteiger charge is 2.43. The molecule has 0 saturated carbocycles. The van der Waals surface area contributed by atoms with E-state index in [1.165, 1.54) is 18.2 Å². The van der Waals surface area contributed by atoms with Crippen LogP contribution in [0.5, 0.6) is 11.5 Å². The Labute approximate surface area is 183 Å². The number of anilines is 1. The van der Waals surface area contributed by atoms with Crippen molar-refractivity contribution in [2.24, 2.45) is 0 Å². The van der Waals surface area contributed by atoms with Crippen LogP contribution in [0, 0.1) is 0 Å². The predicted octanol–water partition coefficient (Wildman–Crippen LogP) is 2.71. The smallest absolute Gasteiger partial charge is 0.395 e. The Balaban J connectivity index is 1.27. The summed E-state index contributed by atoms with van der Waals surface area (Å²) in [5.74, 6) is -0.419. The molecule has 9 nitrogen and oxygen atoms in total. The summed E-state index contributed by atoms with van der Waals surface area (Å²) >= 11 is 1.15. The fourth-order valence-electron chi connectivity index (χ4n) is 3.65. The average molecular weight is 464 g/mol. The van der Waals surface area contributed by atoms with Crippen LogP contribution in [0.15, 0.2) is 35.3 Å². The highest BCUT2D eigenvalue weighted by Crippen LogP contribution is 2.44. The Hall–Kier alpha value is -3.09. The molecule has 0 radical (unpaired) electrons. The van der Waals surface area contributed by atoms with Gasteiger partial charge in [0.1, 0.15) is 0 Å². The van der Waals surface area contributed by atoms with E-state index in [2.05, 4.69) is 24.8 Å². The van der Waals surface area contributed by atoms with Gasteiger partial charge in [-0.1, -0.05) is 11.3 Å². The molecule has 1 amide bonds. The predicted molar refractivity (Wildman–Crippen MR) is 111 cm³/mol. The molecule has 2 atom stereocenters. The van der Waals surface area contributed by atoms with Crippen LogP contribution in [-0.4, -0.2) is 52.8 Å². The fraction of sp³-hybridized carbons (Fsp3) is 0.350. The molecule has 32 heavy (non-hydrogen) atoms. The molecule has 2 aliphatic rings. The van der Waals surface area contributed by atoms with Crippen molar-refractivity contribution in [3.63, 3.8) is 0 Å². The van der Waals surface area contributed by atoms with Crippen molar-refractivity contribution >= 4 is 32.6 Å². The zero-order chi connectivity index (χ0) is 22.5. The number of morpholine rings is 1. The number of hydrogen-bond donors (Lipinski definition) is 2. The minimum absolute atomic E-state index is 0.0704. The van der Waals surface area contributed by atoms with Crippen molar-refractivity contribution in [2.75, 3.05) is 25.0 Å². The second-order valence-electron chi connectivity index (χ2n) is 7.46. The van der Waals surface area contributed by atoms with Crippen LogP contribution in [0.2, 0.25) is 0 Å². The number of amides is 1. The molecule has 1 aromatic carbocycles. The number of carbonyl (C=O) groups excluding carboxylic acids is 1. The summed E-state index contributed by atoms with van der Waals surface area (Å²) in [6.45, 7) is 3.29. The highest BCUT2D eigenvalue weighted by atomic mass is 32.1. The fourth-order valence-corrected chi connectivity index (χ4v) is 4.53. The number of alkyl halides is 2. The first-order valence-corrected chi connectivity index (χ1v) is 10.6. The first-order chi connectivity index (χ1) is 15.3. The summed E-state index contributed by atoms with van der Waals surface area (Å²) in [5, 5.41) is 3.14. The zero-order valence-corrected chi connectivity index (χ0v) is 17.6. The molecule has 2 N–H and O–H groups in total. The minimum Gasteiger partial charge on any atom is -0.395 e. The van der Waals surface area contributed by atoms with E-state index < -0.39 is 12.3 Å². The second-order valence-corrected chi connectivity index (χ2v) is 8.49. The molecule has 5 rings (SSSR count). The SMILES string of the molecule is C[C@@H](C(=O)Nc1nc2cc3c(cc2s1)OC(F)(F)O3)N1CCO[C@@H](c2ccc(=O)[nH]c2)C1. The Kier molecular flexibility index (Phi) is 5.07. The standard InChI is InChI=1S/C20H18F2N4O5S/c1-10(26-4-5-29-15(9-26)11-2-3-17(27)23-8-11)18(28)25-19-24-12-6-13-14(7-16(12)32-19)31-20(21,22)30-13/h2-3,6-8,10,15H,4-5,9H2,1H3,(H,23,27)(H,24,25,28)/t10-,15+/m0/s1. The number of benzene rings is 1. The number of ether oxygens (including phenoxy) is 3. The van der Waals surface area contributed by atoms with Crippen LogP contribution in [0.4, 0.5) is 13.9 Å². The molecule has 3 aromatic rings. The summed E-state index contributed by atoms with van der Waals surface area (Å²) in [6.07, 6.45) is -2.34. The zero-order valence-electron chi connectivity index (χ0n) is 16.8. The molecule has 1 saturated heterocycles. The van der Waals surface area contributed by atoms with E-state index in [0.29, 0.717) is 35.0 Å². The van der Waals surface area contributed by atoms with Gasteiger partial charge in [-0.2, -0.15) is 0 Å². The van der Waals surface area contributed by atoms with Crippen molar-refractivity contribution in [1.82, 2.24) is 14.9 Å². The summed E-state index contributed by atoms with van der Waals surface area (Å²) < 4.78 is 41.7. The number of aromatic nitrogens is 2. The highest BCUT2D eigenvalue weighted by molar-refractivity contribution is 7.22. The molecule has 0 unspecified atom stereocenters. The molecule has 168 valence electrons. The van der Waals surface area contributed by atoms with E-state index in [1.807, 2.05) is 4.90 Å². The monoisotopic (exact) mass is 464 g/mol. The first kappa shape index (κ1) is 20.8. The van der Waals surface area contributed by atoms with Crippen molar-refractivity contribution in [3.05, 3.63) is 46.4 Å². The van der Waals surface area contributed by atoms with Crippen LogP contribution in [0.1, 0.15) is 18.6 Å². The van der Waals surface area contributed by atoms with Crippen LogP contribution >= 0.6 is 11.3 Å². The maximum atomic E-state index is 13.2. The molecular weight excluding hydrogens is 446 g/mol. The number of H-pyrrole nitrogens is 1. The van der Waals surface area contributed by atoms with E-state index in [4.69, 9.17) is 4.74 Å². The Morgan fingerprint density at radius 2 is 2.12 bits per heavy atom. The quantitative estimate of drug-likeness (QED) is 0.612. The molecule has 0 bridgehead atoms. The van der Waals surface area contributed by atoms with Gasteiger partial charge < -0.3 is 24.5 Å². The average Bonchev–Trinajstić information content (AvgIpc) is 3.28. The Bertz CT molecular complexity index is 1180. The van der Waals surface area contributed by atoms with E-state index in [0.717, 1.165) is 16.9 Å². The number of thiazole rings is 1. The molecule has 0 spiro atoms. The van der Waals surface area contributed by atoms with Gasteiger partial charge in [0.05, 0.1) is 29.0 Å². The number of rotatable bonds is 4. The number of carbonyl (C=O) groups is 1. The molecule has 4 heterocycles. The number of pyridine rings is 1. The van der Waals surface area contributed by atoms with E-state index >= 15 is 0 Å². The van der Waals surface area contributed by atoms with Gasteiger partial charge >= 0.3 is 6.29 Å². The molecule has 12 heteroatoms. The van der Waals surface area contributed by atoms with Gasteiger partial charge in [0.15, 0.2) is 16.6 Å². The summed E-state index contributed by atoms with van der Waals surface area (Å²) in [5.41, 5.74) is 1.06. The number of nitrogens with zero attached hydrogens (tertiary/aromatic N) is 2. The van der Waals surface area contributed by atoms with Gasteiger partial charge in [0.2, 0.25) is 11.5 Å². The normalized spacial score (nSPS) is 20.9. The lowest BCUT2D eigenvalue weighted by molar-refractivity contribution is -0.286. The van der Waals surface area contributed by atoms with Crippen molar-refractivity contribution in [1.29, 1.82) is 0 Å². The number of fused-ring (bicyclic) bond motifs is 2. The molecule has 2 aliphatic heterocycles. The number of nitrogens with one attached hydrogen (secondary N) is 2. The third kappa shape index (κ3) is 4.04. The lowest BCUT2D eigenvalue weighted by Gasteiger charge is -2.36. The largest absolute Gasteiger partial charge is 0.586 e. The van der Waals surface area contributed by atoms with Crippen LogP contribution in [0.25, 0.3) is 10.2 Å². The van der Waals surface area contributed by atoms with Crippen molar-refractivity contribution in [2.45, 2.75) is 25.4 Å². The number of aromatic amines is 1. The van der Waals surface area contributed by atoms with E-state index in [1.54, 1.807) is 19.2 Å². The van der Waals surface area contributed by atoms with Gasteiger partial charge in [-0.05, 0) is 18.6 Å². The summed E-state index contributed by atoms with van der Waals surface area (Å²) in [7, 11) is 0. The van der Waals surface area contributed by atoms with Crippen LogP contribution in [0.3, 0.4) is 0 Å². The van der Waals surface area contributed by atoms with Gasteiger partial charge in [-0.25, -0.2) is 4.98 Å². The number of halogens is 2. The van der Waals surface area contributed by atoms with Crippen molar-refractivity contribution in [3.8, 4) is 11.5 Å². The summed E-state index contributed by atoms with van der Waals surface area (Å²) in [4.78, 5) is 33.0. The topological polar surface area (TPSA) is 106 Å². The van der Waals surface area contributed by atoms with Crippen molar-refractivity contribution < 1.29 is 27.8 Å². The van der Waals surface area contributed by atoms with Crippen LogP contribution < -0.4 is 20.3 Å². The molecule has 0 aliphatic carbocycles. The second kappa shape index (κ2) is 7.80. The van der Waals surface area contributed by atoms with Gasteiger partial charge in [0.25, 0.3) is 0 Å². The summed E-state index contributed by atoms with van der Waals surface area (Å²) in [6, 6.07) is 5.45. The minimum atomic E-state index is -3.69. The molecule has 2 aromatic heterocycles. The van der Waals surface area contributed by atoms with E-state index in [9.17, 15) is 18.4 Å². The molecule has 1 fully saturated rings. The third-order valence-corrected chi connectivity index (χ3v) is 6.28. The first-order valence-electron chi connectivity index (χ1n) is 9.83. The van der Waals surface area contributed by atoms with Gasteiger partial charge in [0, 0.05) is 37.5 Å². The Morgan fingerprint density at radius 1 is 1.34 bits per heavy atom. The maximum Gasteiger partial charge on any atom is 0.586 e. The maximum absolute atomic E-state index is 13.2. The van der Waals surface area contributed by atoms with Gasteiger partial charge in [-0.3, -0.25) is 14.5 Å². The lowest BCUT2D eigenvalue weighted by Crippen LogP contribution is -2.48. The third-order valence-electron chi connectivity index (χ3n) is 5.35.